The van der Waals surface area contributed by atoms with E-state index in [9.17, 15) is 9.59 Å². The molecular weight excluding hydrogens is 328 g/mol. The molecule has 3 rings (SSSR count). The van der Waals surface area contributed by atoms with Gasteiger partial charge in [0, 0.05) is 19.0 Å². The van der Waals surface area contributed by atoms with Crippen LogP contribution in [0.5, 0.6) is 0 Å². The van der Waals surface area contributed by atoms with E-state index in [1.807, 2.05) is 18.7 Å². The predicted molar refractivity (Wildman–Crippen MR) is 91.4 cm³/mol. The van der Waals surface area contributed by atoms with Gasteiger partial charge in [0.05, 0.1) is 18.4 Å². The summed E-state index contributed by atoms with van der Waals surface area (Å²) in [6.45, 7) is 5.63. The number of nitrogens with one attached hydrogen (secondary N) is 2. The lowest BCUT2D eigenvalue weighted by Gasteiger charge is -2.27. The van der Waals surface area contributed by atoms with Gasteiger partial charge in [-0.1, -0.05) is 25.2 Å². The molecule has 0 unspecified atom stereocenters. The summed E-state index contributed by atoms with van der Waals surface area (Å²) in [6, 6.07) is 3.55. The fourth-order valence-electron chi connectivity index (χ4n) is 2.23. The Morgan fingerprint density at radius 3 is 2.83 bits per heavy atom. The lowest BCUT2D eigenvalue weighted by Crippen LogP contribution is -2.48. The average molecular weight is 346 g/mol. The fraction of sp³-hybridized carbons (Fsp3) is 0.400. The van der Waals surface area contributed by atoms with Crippen LogP contribution in [0.3, 0.4) is 0 Å². The summed E-state index contributed by atoms with van der Waals surface area (Å²) in [7, 11) is 0. The highest BCUT2D eigenvalue weighted by molar-refractivity contribution is 7.13. The maximum Gasteiger partial charge on any atom is 0.286 e. The quantitative estimate of drug-likeness (QED) is 0.864. The average Bonchev–Trinajstić information content (AvgIpc) is 3.06. The number of nitrogens with zero attached hydrogens (tertiary/aromatic N) is 4. The van der Waals surface area contributed by atoms with E-state index in [4.69, 9.17) is 0 Å². The molecule has 1 aliphatic rings. The molecule has 2 amide bonds. The summed E-state index contributed by atoms with van der Waals surface area (Å²) in [5.41, 5.74) is 0.575. The van der Waals surface area contributed by atoms with Crippen LogP contribution in [0.4, 0.5) is 11.5 Å². The van der Waals surface area contributed by atoms with Crippen molar-refractivity contribution in [3.63, 3.8) is 0 Å². The molecule has 0 aromatic carbocycles. The highest BCUT2D eigenvalue weighted by atomic mass is 32.1. The number of piperazine rings is 1. The van der Waals surface area contributed by atoms with Gasteiger partial charge in [-0.2, -0.15) is 0 Å². The minimum Gasteiger partial charge on any atom is -0.353 e. The molecule has 1 fully saturated rings. The van der Waals surface area contributed by atoms with Crippen LogP contribution in [0.25, 0.3) is 0 Å². The Labute approximate surface area is 143 Å². The molecule has 0 radical (unpaired) electrons. The maximum absolute atomic E-state index is 12.2. The lowest BCUT2D eigenvalue weighted by atomic mass is 10.2. The molecule has 2 aromatic heterocycles. The molecule has 1 saturated heterocycles. The van der Waals surface area contributed by atoms with Crippen molar-refractivity contribution < 1.29 is 9.59 Å². The number of carbonyl (C=O) groups excluding carboxylic acids is 2. The molecule has 0 saturated carbocycles. The summed E-state index contributed by atoms with van der Waals surface area (Å²) in [6.07, 6.45) is 1.57. The fourth-order valence-corrected chi connectivity index (χ4v) is 2.97. The maximum atomic E-state index is 12.2. The number of hydrogen-bond acceptors (Lipinski definition) is 7. The number of aromatic nitrogens is 3. The number of amides is 2. The number of pyridine rings is 1. The van der Waals surface area contributed by atoms with Crippen LogP contribution < -0.4 is 15.5 Å². The minimum atomic E-state index is -0.300. The second-order valence-electron chi connectivity index (χ2n) is 5.73. The normalized spacial score (nSPS) is 14.6. The Morgan fingerprint density at radius 2 is 2.21 bits per heavy atom. The zero-order chi connectivity index (χ0) is 17.1. The van der Waals surface area contributed by atoms with Gasteiger partial charge in [0.1, 0.15) is 10.8 Å². The van der Waals surface area contributed by atoms with Gasteiger partial charge >= 0.3 is 0 Å². The Morgan fingerprint density at radius 1 is 1.38 bits per heavy atom. The minimum absolute atomic E-state index is 0.0161. The molecule has 3 heterocycles. The smallest absolute Gasteiger partial charge is 0.286 e. The van der Waals surface area contributed by atoms with Gasteiger partial charge in [-0.15, -0.1) is 10.2 Å². The van der Waals surface area contributed by atoms with Gasteiger partial charge in [-0.25, -0.2) is 4.98 Å². The van der Waals surface area contributed by atoms with E-state index in [-0.39, 0.29) is 17.7 Å². The molecule has 2 aromatic rings. The van der Waals surface area contributed by atoms with Gasteiger partial charge in [-0.3, -0.25) is 9.59 Å². The number of hydrogen-bond donors (Lipinski definition) is 2. The molecule has 8 nitrogen and oxygen atoms in total. The molecule has 2 N–H and O–H groups in total. The van der Waals surface area contributed by atoms with Crippen LogP contribution in [0.1, 0.15) is 34.6 Å². The van der Waals surface area contributed by atoms with Gasteiger partial charge in [0.25, 0.3) is 5.91 Å². The first-order chi connectivity index (χ1) is 11.5. The summed E-state index contributed by atoms with van der Waals surface area (Å²) in [4.78, 5) is 29.8. The van der Waals surface area contributed by atoms with E-state index < -0.39 is 0 Å². The summed E-state index contributed by atoms with van der Waals surface area (Å²) in [5.74, 6) is 0.636. The molecule has 9 heteroatoms. The second kappa shape index (κ2) is 6.91. The van der Waals surface area contributed by atoms with Crippen LogP contribution in [0.2, 0.25) is 0 Å². The van der Waals surface area contributed by atoms with Crippen molar-refractivity contribution in [1.29, 1.82) is 0 Å². The van der Waals surface area contributed by atoms with Crippen molar-refractivity contribution in [2.24, 2.45) is 0 Å². The first-order valence-electron chi connectivity index (χ1n) is 7.65. The molecule has 0 atom stereocenters. The summed E-state index contributed by atoms with van der Waals surface area (Å²) < 4.78 is 0. The third kappa shape index (κ3) is 3.67. The van der Waals surface area contributed by atoms with Gasteiger partial charge < -0.3 is 15.5 Å². The molecule has 0 bridgehead atoms. The van der Waals surface area contributed by atoms with Crippen molar-refractivity contribution >= 4 is 34.7 Å². The van der Waals surface area contributed by atoms with Crippen LogP contribution in [0.15, 0.2) is 18.3 Å². The van der Waals surface area contributed by atoms with E-state index in [1.165, 1.54) is 11.3 Å². The van der Waals surface area contributed by atoms with Crippen LogP contribution >= 0.6 is 11.3 Å². The van der Waals surface area contributed by atoms with Gasteiger partial charge in [-0.05, 0) is 12.1 Å². The molecule has 1 aliphatic heterocycles. The third-order valence-corrected chi connectivity index (χ3v) is 4.72. The molecule has 0 spiro atoms. The Bertz CT molecular complexity index is 743. The van der Waals surface area contributed by atoms with Crippen molar-refractivity contribution in [3.05, 3.63) is 28.3 Å². The molecule has 24 heavy (non-hydrogen) atoms. The Hall–Kier alpha value is -2.55. The first kappa shape index (κ1) is 16.3. The van der Waals surface area contributed by atoms with E-state index in [2.05, 4.69) is 25.8 Å². The highest BCUT2D eigenvalue weighted by Gasteiger charge is 2.18. The topological polar surface area (TPSA) is 100 Å². The second-order valence-corrected chi connectivity index (χ2v) is 6.74. The van der Waals surface area contributed by atoms with Crippen LogP contribution in [-0.4, -0.2) is 46.6 Å². The van der Waals surface area contributed by atoms with E-state index in [0.717, 1.165) is 5.01 Å². The largest absolute Gasteiger partial charge is 0.353 e. The SMILES string of the molecule is CC(C)c1nnc(C(=O)Nc2ccc(N3CCNC(=O)C3)nc2)s1. The lowest BCUT2D eigenvalue weighted by molar-refractivity contribution is -0.120. The molecule has 0 aliphatic carbocycles. The van der Waals surface area contributed by atoms with Crippen molar-refractivity contribution in [2.45, 2.75) is 19.8 Å². The van der Waals surface area contributed by atoms with Gasteiger partial charge in [0.15, 0.2) is 0 Å². The van der Waals surface area contributed by atoms with Crippen LogP contribution in [0, 0.1) is 0 Å². The van der Waals surface area contributed by atoms with Gasteiger partial charge in [0.2, 0.25) is 10.9 Å². The van der Waals surface area contributed by atoms with Crippen molar-refractivity contribution in [1.82, 2.24) is 20.5 Å². The monoisotopic (exact) mass is 346 g/mol. The van der Waals surface area contributed by atoms with E-state index in [1.54, 1.807) is 18.3 Å². The number of anilines is 2. The summed E-state index contributed by atoms with van der Waals surface area (Å²) >= 11 is 1.29. The van der Waals surface area contributed by atoms with Crippen molar-refractivity contribution in [3.8, 4) is 0 Å². The highest BCUT2D eigenvalue weighted by Crippen LogP contribution is 2.20. The Kier molecular flexibility index (Phi) is 4.70. The third-order valence-electron chi connectivity index (χ3n) is 3.50. The molecular formula is C15H18N6O2S. The van der Waals surface area contributed by atoms with E-state index in [0.29, 0.717) is 36.1 Å². The number of carbonyl (C=O) groups is 2. The zero-order valence-electron chi connectivity index (χ0n) is 13.4. The molecule has 126 valence electrons. The Balaban J connectivity index is 1.65. The number of rotatable bonds is 4. The summed E-state index contributed by atoms with van der Waals surface area (Å²) in [5, 5.41) is 14.6. The van der Waals surface area contributed by atoms with Crippen LogP contribution in [-0.2, 0) is 4.79 Å². The standard InChI is InChI=1S/C15H18N6O2S/c1-9(2)14-19-20-15(24-14)13(23)18-10-3-4-11(17-7-10)21-6-5-16-12(22)8-21/h3-4,7,9H,5-6,8H2,1-2H3,(H,16,22)(H,18,23). The predicted octanol–water partition coefficient (Wildman–Crippen LogP) is 1.24. The zero-order valence-corrected chi connectivity index (χ0v) is 14.3. The van der Waals surface area contributed by atoms with E-state index >= 15 is 0 Å². The first-order valence-corrected chi connectivity index (χ1v) is 8.47. The van der Waals surface area contributed by atoms with Crippen molar-refractivity contribution in [2.75, 3.05) is 29.9 Å².